The summed E-state index contributed by atoms with van der Waals surface area (Å²) in [5, 5.41) is 13.3. The molecule has 0 spiro atoms. The first-order chi connectivity index (χ1) is 22.0. The summed E-state index contributed by atoms with van der Waals surface area (Å²) >= 11 is 0. The number of esters is 1. The van der Waals surface area contributed by atoms with Crippen molar-refractivity contribution >= 4 is 51.0 Å². The summed E-state index contributed by atoms with van der Waals surface area (Å²) in [7, 11) is 0.221. The number of aryl methyl sites for hydroxylation is 1. The summed E-state index contributed by atoms with van der Waals surface area (Å²) in [6.07, 6.45) is 0.321. The van der Waals surface area contributed by atoms with Crippen LogP contribution in [0.25, 0.3) is 10.8 Å². The maximum absolute atomic E-state index is 13.8. The van der Waals surface area contributed by atoms with Gasteiger partial charge in [-0.15, -0.1) is 12.4 Å². The van der Waals surface area contributed by atoms with Gasteiger partial charge in [0.05, 0.1) is 25.7 Å². The predicted octanol–water partition coefficient (Wildman–Crippen LogP) is 2.40. The minimum atomic E-state index is -4.22. The maximum Gasteiger partial charge on any atom is 0.331 e. The molecule has 0 aliphatic carbocycles. The molecular weight excluding hydrogens is 654 g/mol. The normalized spacial score (nSPS) is 11.2. The van der Waals surface area contributed by atoms with Crippen molar-refractivity contribution in [1.29, 1.82) is 10.8 Å². The van der Waals surface area contributed by atoms with Gasteiger partial charge < -0.3 is 35.3 Å². The first-order valence-electron chi connectivity index (χ1n) is 14.0. The molecule has 3 rings (SSSR count). The van der Waals surface area contributed by atoms with Crippen LogP contribution in [0.5, 0.6) is 17.2 Å². The summed E-state index contributed by atoms with van der Waals surface area (Å²) in [5.74, 6) is -0.199. The van der Waals surface area contributed by atoms with Crippen molar-refractivity contribution in [3.63, 3.8) is 0 Å². The summed E-state index contributed by atoms with van der Waals surface area (Å²) < 4.78 is 51.0. The molecule has 0 aromatic heterocycles. The molecule has 0 aliphatic rings. The molecule has 0 fully saturated rings. The molecule has 1 atom stereocenters. The third-order valence-electron chi connectivity index (χ3n) is 6.58. The summed E-state index contributed by atoms with van der Waals surface area (Å²) in [6.45, 7) is 1.71. The summed E-state index contributed by atoms with van der Waals surface area (Å²) in [5.41, 5.74) is 11.7. The van der Waals surface area contributed by atoms with Crippen LogP contribution in [0.4, 0.5) is 0 Å². The van der Waals surface area contributed by atoms with Gasteiger partial charge in [-0.25, -0.2) is 13.2 Å². The van der Waals surface area contributed by atoms with Gasteiger partial charge in [0.1, 0.15) is 18.3 Å². The molecule has 0 bridgehead atoms. The number of halogens is 1. The van der Waals surface area contributed by atoms with E-state index in [0.29, 0.717) is 22.6 Å². The van der Waals surface area contributed by atoms with Crippen molar-refractivity contribution < 1.29 is 37.0 Å². The first kappa shape index (κ1) is 40.3. The van der Waals surface area contributed by atoms with Gasteiger partial charge in [-0.1, -0.05) is 18.2 Å². The largest absolute Gasteiger partial charge is 0.493 e. The zero-order valence-corrected chi connectivity index (χ0v) is 28.2. The molecule has 0 saturated heterocycles. The van der Waals surface area contributed by atoms with Crippen molar-refractivity contribution in [1.82, 2.24) is 9.62 Å². The van der Waals surface area contributed by atoms with Gasteiger partial charge in [-0.05, 0) is 72.5 Å². The summed E-state index contributed by atoms with van der Waals surface area (Å²) in [6, 6.07) is 13.6. The number of benzene rings is 3. The Morgan fingerprint density at radius 1 is 0.979 bits per heavy atom. The minimum absolute atomic E-state index is 0. The molecule has 0 unspecified atom stereocenters. The van der Waals surface area contributed by atoms with E-state index in [-0.39, 0.29) is 55.8 Å². The Morgan fingerprint density at radius 2 is 1.64 bits per heavy atom. The van der Waals surface area contributed by atoms with E-state index in [2.05, 4.69) is 9.71 Å². The highest BCUT2D eigenvalue weighted by Gasteiger charge is 2.30. The number of nitrogens with one attached hydrogen (secondary N) is 1. The van der Waals surface area contributed by atoms with E-state index in [1.165, 1.54) is 38.4 Å². The zero-order valence-electron chi connectivity index (χ0n) is 26.5. The van der Waals surface area contributed by atoms with E-state index in [0.717, 1.165) is 10.9 Å². The van der Waals surface area contributed by atoms with Crippen molar-refractivity contribution in [2.75, 3.05) is 47.6 Å². The van der Waals surface area contributed by atoms with Crippen LogP contribution in [0.2, 0.25) is 0 Å². The number of sulfonamides is 1. The molecule has 0 saturated carbocycles. The molecule has 5 N–H and O–H groups in total. The van der Waals surface area contributed by atoms with Crippen LogP contribution in [0.1, 0.15) is 18.4 Å². The van der Waals surface area contributed by atoms with E-state index in [4.69, 9.17) is 41.2 Å². The Labute approximate surface area is 280 Å². The van der Waals surface area contributed by atoms with Crippen molar-refractivity contribution in [3.8, 4) is 17.2 Å². The number of fused-ring (bicyclic) bond motifs is 1. The van der Waals surface area contributed by atoms with Gasteiger partial charge in [0.2, 0.25) is 15.9 Å². The van der Waals surface area contributed by atoms with Gasteiger partial charge in [-0.3, -0.25) is 9.79 Å². The number of guanidine groups is 1. The number of aliphatic imine (C=N–C) groups is 1. The molecule has 0 radical (unpaired) electrons. The average molecular weight is 694 g/mol. The van der Waals surface area contributed by atoms with Crippen LogP contribution in [0, 0.1) is 17.7 Å². The van der Waals surface area contributed by atoms with E-state index >= 15 is 0 Å². The predicted molar refractivity (Wildman–Crippen MR) is 177 cm³/mol. The van der Waals surface area contributed by atoms with E-state index < -0.39 is 34.5 Å². The van der Waals surface area contributed by atoms with Crippen LogP contribution >= 0.6 is 12.4 Å². The SMILES string of the molecule is COCCN(CC(=O)Oc1cccc(C)c1)C(=O)[C@H](CCCN=C(N)N)NS(=O)(=O)c1ccc2cc(OC)c(OC)cc2c1.Cl.N#N. The molecule has 3 aromatic rings. The highest BCUT2D eigenvalue weighted by molar-refractivity contribution is 7.89. The quantitative estimate of drug-likeness (QED) is 0.0490. The topological polar surface area (TPSA) is 232 Å². The Bertz CT molecular complexity index is 1650. The lowest BCUT2D eigenvalue weighted by Crippen LogP contribution is -2.51. The molecule has 0 heterocycles. The van der Waals surface area contributed by atoms with Crippen LogP contribution in [-0.4, -0.2) is 84.8 Å². The molecular formula is C30H40ClN7O8S. The maximum atomic E-state index is 13.8. The van der Waals surface area contributed by atoms with Crippen molar-refractivity contribution in [2.45, 2.75) is 30.7 Å². The molecule has 47 heavy (non-hydrogen) atoms. The first-order valence-corrected chi connectivity index (χ1v) is 15.4. The monoisotopic (exact) mass is 693 g/mol. The average Bonchev–Trinajstić information content (AvgIpc) is 3.03. The lowest BCUT2D eigenvalue weighted by molar-refractivity contribution is -0.144. The fraction of sp³-hybridized carbons (Fsp3) is 0.367. The molecule has 256 valence electrons. The molecule has 3 aromatic carbocycles. The lowest BCUT2D eigenvalue weighted by atomic mass is 10.1. The minimum Gasteiger partial charge on any atom is -0.493 e. The number of amides is 1. The van der Waals surface area contributed by atoms with E-state index in [9.17, 15) is 18.0 Å². The number of hydrogen-bond acceptors (Lipinski definition) is 11. The molecule has 0 aliphatic heterocycles. The lowest BCUT2D eigenvalue weighted by Gasteiger charge is -2.27. The number of hydrogen-bond donors (Lipinski definition) is 3. The number of ether oxygens (including phenoxy) is 4. The fourth-order valence-corrected chi connectivity index (χ4v) is 5.66. The van der Waals surface area contributed by atoms with Gasteiger partial charge in [0.25, 0.3) is 0 Å². The highest BCUT2D eigenvalue weighted by atomic mass is 35.5. The second kappa shape index (κ2) is 19.7. The van der Waals surface area contributed by atoms with Crippen molar-refractivity contribution in [2.24, 2.45) is 16.5 Å². The third kappa shape index (κ3) is 12.2. The van der Waals surface area contributed by atoms with Crippen LogP contribution in [0.15, 0.2) is 64.5 Å². The number of carbonyl (C=O) groups excluding carboxylic acids is 2. The Kier molecular flexibility index (Phi) is 16.9. The second-order valence-corrected chi connectivity index (χ2v) is 11.6. The van der Waals surface area contributed by atoms with Gasteiger partial charge in [-0.2, -0.15) is 4.72 Å². The number of carbonyl (C=O) groups is 2. The number of methoxy groups -OCH3 is 3. The fourth-order valence-electron chi connectivity index (χ4n) is 4.40. The molecule has 17 heteroatoms. The smallest absolute Gasteiger partial charge is 0.331 e. The Hall–Kier alpha value is -4.69. The van der Waals surface area contributed by atoms with E-state index in [1.807, 2.05) is 13.0 Å². The second-order valence-electron chi connectivity index (χ2n) is 9.88. The van der Waals surface area contributed by atoms with Gasteiger partial charge in [0.15, 0.2) is 17.5 Å². The Balaban J connectivity index is 0.00000361. The zero-order chi connectivity index (χ0) is 34.3. The standard InChI is InChI=1S/C30H39N5O8S.ClH.N2/c1-20-7-5-8-23(15-20)43-28(36)19-35(13-14-40-2)29(37)25(9-6-12-33-30(31)32)34-44(38,39)24-11-10-21-17-26(41-3)27(42-4)18-22(21)16-24;;1-2/h5,7-8,10-11,15-18,25,34H,6,9,12-14,19H2,1-4H3,(H4,31,32,33);1H;/t25-;;/m0../s1. The van der Waals surface area contributed by atoms with Crippen LogP contribution in [-0.2, 0) is 24.3 Å². The summed E-state index contributed by atoms with van der Waals surface area (Å²) in [4.78, 5) is 31.7. The third-order valence-corrected chi connectivity index (χ3v) is 8.05. The number of nitrogens with zero attached hydrogens (tertiary/aromatic N) is 4. The molecule has 15 nitrogen and oxygen atoms in total. The number of nitrogens with two attached hydrogens (primary N) is 2. The van der Waals surface area contributed by atoms with E-state index in [1.54, 1.807) is 36.4 Å². The van der Waals surface area contributed by atoms with Crippen molar-refractivity contribution in [3.05, 3.63) is 60.2 Å². The van der Waals surface area contributed by atoms with Gasteiger partial charge in [0, 0.05) is 31.0 Å². The molecule has 1 amide bonds. The highest BCUT2D eigenvalue weighted by Crippen LogP contribution is 2.33. The van der Waals surface area contributed by atoms with Gasteiger partial charge >= 0.3 is 5.97 Å². The Morgan fingerprint density at radius 3 is 2.23 bits per heavy atom. The van der Waals surface area contributed by atoms with Crippen LogP contribution in [0.3, 0.4) is 0 Å². The van der Waals surface area contributed by atoms with Crippen LogP contribution < -0.4 is 30.4 Å². The number of rotatable bonds is 16.